The molecule has 1 saturated carbocycles. The zero-order chi connectivity index (χ0) is 12.5. The van der Waals surface area contributed by atoms with Crippen molar-refractivity contribution in [2.24, 2.45) is 0 Å². The van der Waals surface area contributed by atoms with Crippen molar-refractivity contribution in [3.05, 3.63) is 35.4 Å². The van der Waals surface area contributed by atoms with Crippen LogP contribution in [-0.2, 0) is 11.8 Å². The van der Waals surface area contributed by atoms with Gasteiger partial charge >= 0.3 is 0 Å². The molecule has 1 aromatic rings. The van der Waals surface area contributed by atoms with Crippen molar-refractivity contribution < 1.29 is 10.2 Å². The molecule has 2 nitrogen and oxygen atoms in total. The molecule has 0 aromatic heterocycles. The highest BCUT2D eigenvalue weighted by Crippen LogP contribution is 2.39. The largest absolute Gasteiger partial charge is 0.395 e. The van der Waals surface area contributed by atoms with E-state index in [1.165, 1.54) is 5.56 Å². The average Bonchev–Trinajstić information content (AvgIpc) is 3.06. The lowest BCUT2D eigenvalue weighted by Crippen LogP contribution is -2.21. The molecule has 0 amide bonds. The minimum absolute atomic E-state index is 0.159. The van der Waals surface area contributed by atoms with Crippen LogP contribution in [0.3, 0.4) is 0 Å². The lowest BCUT2D eigenvalue weighted by Gasteiger charge is -2.22. The molecule has 0 radical (unpaired) electrons. The minimum Gasteiger partial charge on any atom is -0.395 e. The van der Waals surface area contributed by atoms with Crippen LogP contribution in [0.5, 0.6) is 0 Å². The van der Waals surface area contributed by atoms with Crippen molar-refractivity contribution in [2.75, 3.05) is 6.61 Å². The quantitative estimate of drug-likeness (QED) is 0.821. The fraction of sp³-hybridized carbons (Fsp3) is 0.600. The van der Waals surface area contributed by atoms with Gasteiger partial charge in [-0.2, -0.15) is 0 Å². The van der Waals surface area contributed by atoms with Gasteiger partial charge in [0.25, 0.3) is 0 Å². The molecular formula is C15H22O2. The van der Waals surface area contributed by atoms with E-state index < -0.39 is 0 Å². The second-order valence-electron chi connectivity index (χ2n) is 5.96. The van der Waals surface area contributed by atoms with Crippen molar-refractivity contribution >= 4 is 0 Å². The summed E-state index contributed by atoms with van der Waals surface area (Å²) in [6.45, 7) is 4.23. The van der Waals surface area contributed by atoms with Gasteiger partial charge < -0.3 is 10.2 Å². The first kappa shape index (κ1) is 12.6. The number of hydrogen-bond donors (Lipinski definition) is 2. The van der Waals surface area contributed by atoms with Crippen LogP contribution in [0, 0.1) is 0 Å². The molecule has 0 unspecified atom stereocenters. The van der Waals surface area contributed by atoms with E-state index in [1.54, 1.807) is 0 Å². The fourth-order valence-electron chi connectivity index (χ4n) is 1.99. The molecule has 94 valence electrons. The Morgan fingerprint density at radius 2 is 1.76 bits per heavy atom. The molecule has 17 heavy (non-hydrogen) atoms. The SMILES string of the molecule is CC(C)(CO)c1ccc(CCC2(O)CC2)cc1. The Labute approximate surface area is 103 Å². The zero-order valence-corrected chi connectivity index (χ0v) is 10.7. The topological polar surface area (TPSA) is 40.5 Å². The van der Waals surface area contributed by atoms with Gasteiger partial charge in [-0.25, -0.2) is 0 Å². The summed E-state index contributed by atoms with van der Waals surface area (Å²) in [5, 5.41) is 19.1. The summed E-state index contributed by atoms with van der Waals surface area (Å²) in [6, 6.07) is 8.39. The Hall–Kier alpha value is -0.860. The second kappa shape index (κ2) is 4.43. The standard InChI is InChI=1S/C15H22O2/c1-14(2,11-16)13-5-3-12(4-6-13)7-8-15(17)9-10-15/h3-6,16-17H,7-11H2,1-2H3. The predicted octanol–water partition coefficient (Wildman–Crippen LogP) is 2.41. The molecule has 2 N–H and O–H groups in total. The highest BCUT2D eigenvalue weighted by atomic mass is 16.3. The van der Waals surface area contributed by atoms with Gasteiger partial charge in [0, 0.05) is 5.41 Å². The monoisotopic (exact) mass is 234 g/mol. The fourth-order valence-corrected chi connectivity index (χ4v) is 1.99. The third-order valence-electron chi connectivity index (χ3n) is 3.84. The number of aryl methyl sites for hydroxylation is 1. The van der Waals surface area contributed by atoms with Gasteiger partial charge in [0.1, 0.15) is 0 Å². The Balaban J connectivity index is 1.97. The van der Waals surface area contributed by atoms with Crippen molar-refractivity contribution in [2.45, 2.75) is 50.5 Å². The predicted molar refractivity (Wildman–Crippen MR) is 69.1 cm³/mol. The maximum absolute atomic E-state index is 9.78. The van der Waals surface area contributed by atoms with Crippen molar-refractivity contribution in [1.29, 1.82) is 0 Å². The molecule has 0 heterocycles. The van der Waals surface area contributed by atoms with E-state index >= 15 is 0 Å². The molecule has 1 aliphatic carbocycles. The lowest BCUT2D eigenvalue weighted by atomic mass is 9.85. The van der Waals surface area contributed by atoms with Gasteiger partial charge in [0.05, 0.1) is 12.2 Å². The summed E-state index contributed by atoms with van der Waals surface area (Å²) in [5.74, 6) is 0. The first-order chi connectivity index (χ1) is 7.95. The minimum atomic E-state index is -0.358. The Bertz CT molecular complexity index is 374. The van der Waals surface area contributed by atoms with Crippen LogP contribution in [0.4, 0.5) is 0 Å². The molecule has 0 bridgehead atoms. The maximum atomic E-state index is 9.78. The van der Waals surface area contributed by atoms with Crippen molar-refractivity contribution in [3.8, 4) is 0 Å². The maximum Gasteiger partial charge on any atom is 0.0653 e. The molecule has 2 heteroatoms. The first-order valence-corrected chi connectivity index (χ1v) is 6.38. The zero-order valence-electron chi connectivity index (χ0n) is 10.7. The smallest absolute Gasteiger partial charge is 0.0653 e. The second-order valence-corrected chi connectivity index (χ2v) is 5.96. The number of benzene rings is 1. The Morgan fingerprint density at radius 3 is 2.24 bits per heavy atom. The molecule has 1 fully saturated rings. The van der Waals surface area contributed by atoms with E-state index in [1.807, 2.05) is 13.8 Å². The van der Waals surface area contributed by atoms with Gasteiger partial charge in [-0.1, -0.05) is 38.1 Å². The Kier molecular flexibility index (Phi) is 3.28. The summed E-state index contributed by atoms with van der Waals surface area (Å²) in [4.78, 5) is 0. The van der Waals surface area contributed by atoms with Crippen LogP contribution in [-0.4, -0.2) is 22.4 Å². The third-order valence-corrected chi connectivity index (χ3v) is 3.84. The summed E-state index contributed by atoms with van der Waals surface area (Å²) in [7, 11) is 0. The van der Waals surface area contributed by atoms with E-state index in [0.29, 0.717) is 0 Å². The van der Waals surface area contributed by atoms with Crippen molar-refractivity contribution in [1.82, 2.24) is 0 Å². The molecule has 0 aliphatic heterocycles. The summed E-state index contributed by atoms with van der Waals surface area (Å²) in [6.07, 6.45) is 3.73. The molecule has 0 atom stereocenters. The Morgan fingerprint density at radius 1 is 1.18 bits per heavy atom. The lowest BCUT2D eigenvalue weighted by molar-refractivity contribution is 0.140. The molecule has 1 aromatic carbocycles. The third kappa shape index (κ3) is 3.08. The first-order valence-electron chi connectivity index (χ1n) is 6.38. The number of aliphatic hydroxyl groups excluding tert-OH is 1. The van der Waals surface area contributed by atoms with E-state index in [0.717, 1.165) is 31.2 Å². The van der Waals surface area contributed by atoms with Gasteiger partial charge in [-0.05, 0) is 36.8 Å². The normalized spacial score (nSPS) is 18.1. The van der Waals surface area contributed by atoms with Crippen LogP contribution in [0.15, 0.2) is 24.3 Å². The number of aliphatic hydroxyl groups is 2. The van der Waals surface area contributed by atoms with E-state index in [4.69, 9.17) is 0 Å². The van der Waals surface area contributed by atoms with E-state index in [2.05, 4.69) is 24.3 Å². The van der Waals surface area contributed by atoms with Gasteiger partial charge in [0.15, 0.2) is 0 Å². The molecule has 0 saturated heterocycles. The number of rotatable bonds is 5. The van der Waals surface area contributed by atoms with Crippen LogP contribution in [0.25, 0.3) is 0 Å². The average molecular weight is 234 g/mol. The van der Waals surface area contributed by atoms with Crippen LogP contribution in [0.1, 0.15) is 44.2 Å². The van der Waals surface area contributed by atoms with Gasteiger partial charge in [-0.3, -0.25) is 0 Å². The highest BCUT2D eigenvalue weighted by molar-refractivity contribution is 5.28. The number of hydrogen-bond acceptors (Lipinski definition) is 2. The highest BCUT2D eigenvalue weighted by Gasteiger charge is 2.39. The van der Waals surface area contributed by atoms with Gasteiger partial charge in [0.2, 0.25) is 0 Å². The van der Waals surface area contributed by atoms with Gasteiger partial charge in [-0.15, -0.1) is 0 Å². The summed E-state index contributed by atoms with van der Waals surface area (Å²) < 4.78 is 0. The summed E-state index contributed by atoms with van der Waals surface area (Å²) >= 11 is 0. The van der Waals surface area contributed by atoms with E-state index in [9.17, 15) is 10.2 Å². The molecule has 1 aliphatic rings. The van der Waals surface area contributed by atoms with E-state index in [-0.39, 0.29) is 17.6 Å². The summed E-state index contributed by atoms with van der Waals surface area (Å²) in [5.41, 5.74) is 1.90. The molecule has 2 rings (SSSR count). The van der Waals surface area contributed by atoms with Crippen molar-refractivity contribution in [3.63, 3.8) is 0 Å². The van der Waals surface area contributed by atoms with Crippen LogP contribution < -0.4 is 0 Å². The van der Waals surface area contributed by atoms with Crippen LogP contribution >= 0.6 is 0 Å². The van der Waals surface area contributed by atoms with Crippen LogP contribution in [0.2, 0.25) is 0 Å². The molecule has 0 spiro atoms. The molecular weight excluding hydrogens is 212 g/mol.